The maximum Gasteiger partial charge on any atom is 0.161 e. The average molecular weight is 402 g/mol. The Morgan fingerprint density at radius 3 is 2.74 bits per heavy atom. The summed E-state index contributed by atoms with van der Waals surface area (Å²) in [4.78, 5) is 15.4. The smallest absolute Gasteiger partial charge is 0.161 e. The number of aromatic hydroxyl groups is 1. The molecule has 1 aliphatic carbocycles. The van der Waals surface area contributed by atoms with Gasteiger partial charge >= 0.3 is 0 Å². The van der Waals surface area contributed by atoms with Gasteiger partial charge in [0.25, 0.3) is 0 Å². The first kappa shape index (κ1) is 18.5. The zero-order valence-electron chi connectivity index (χ0n) is 15.1. The molecular formula is C22H21Cl2NO2. The molecule has 0 amide bonds. The molecule has 1 heterocycles. The summed E-state index contributed by atoms with van der Waals surface area (Å²) >= 11 is 12.1. The first-order valence-electron chi connectivity index (χ1n) is 9.08. The largest absolute Gasteiger partial charge is 0.508 e. The number of likely N-dealkylation sites (tertiary alicyclic amines) is 1. The molecule has 1 aliphatic heterocycles. The first-order valence-corrected chi connectivity index (χ1v) is 9.83. The van der Waals surface area contributed by atoms with E-state index in [9.17, 15) is 9.90 Å². The topological polar surface area (TPSA) is 40.5 Å². The Labute approximate surface area is 169 Å². The second kappa shape index (κ2) is 6.97. The number of fused-ring (bicyclic) bond motifs is 2. The number of ketones is 1. The van der Waals surface area contributed by atoms with E-state index in [0.717, 1.165) is 36.1 Å². The van der Waals surface area contributed by atoms with Crippen LogP contribution in [0.3, 0.4) is 0 Å². The SMILES string of the molecule is CN1CC[C@]2(c3cccc(O)c3)CC(=O)C(=Cc3ccc(Cl)c(Cl)c3)[C@@H]1C2. The normalized spacial score (nSPS) is 27.1. The number of phenols is 1. The molecule has 1 N–H and O–H groups in total. The summed E-state index contributed by atoms with van der Waals surface area (Å²) in [7, 11) is 2.07. The summed E-state index contributed by atoms with van der Waals surface area (Å²) < 4.78 is 0. The molecule has 4 rings (SSSR count). The third-order valence-corrected chi connectivity index (χ3v) is 6.70. The number of carbonyl (C=O) groups is 1. The number of halogens is 2. The van der Waals surface area contributed by atoms with E-state index in [1.807, 2.05) is 30.3 Å². The molecule has 1 saturated heterocycles. The summed E-state index contributed by atoms with van der Waals surface area (Å²) in [5, 5.41) is 10.9. The van der Waals surface area contributed by atoms with Gasteiger partial charge < -0.3 is 5.11 Å². The number of carbonyl (C=O) groups excluding carboxylic acids is 1. The van der Waals surface area contributed by atoms with Gasteiger partial charge in [0.15, 0.2) is 5.78 Å². The minimum absolute atomic E-state index is 0.0526. The predicted octanol–water partition coefficient (Wildman–Crippen LogP) is 5.09. The van der Waals surface area contributed by atoms with Crippen LogP contribution in [0.2, 0.25) is 10.0 Å². The number of rotatable bonds is 2. The fraction of sp³-hybridized carbons (Fsp3) is 0.318. The van der Waals surface area contributed by atoms with Crippen LogP contribution >= 0.6 is 23.2 Å². The van der Waals surface area contributed by atoms with E-state index in [1.165, 1.54) is 0 Å². The molecule has 0 aromatic heterocycles. The fourth-order valence-electron chi connectivity index (χ4n) is 4.44. The van der Waals surface area contributed by atoms with E-state index < -0.39 is 0 Å². The van der Waals surface area contributed by atoms with Crippen LogP contribution < -0.4 is 0 Å². The maximum absolute atomic E-state index is 13.2. The zero-order valence-corrected chi connectivity index (χ0v) is 16.6. The maximum atomic E-state index is 13.2. The molecule has 0 spiro atoms. The minimum Gasteiger partial charge on any atom is -0.508 e. The number of benzene rings is 2. The third kappa shape index (κ3) is 3.40. The molecule has 2 aliphatic rings. The molecule has 2 bridgehead atoms. The highest BCUT2D eigenvalue weighted by atomic mass is 35.5. The van der Waals surface area contributed by atoms with Gasteiger partial charge in [-0.3, -0.25) is 9.69 Å². The first-order chi connectivity index (χ1) is 12.9. The average Bonchev–Trinajstić information content (AvgIpc) is 2.64. The Bertz CT molecular complexity index is 940. The molecule has 140 valence electrons. The molecular weight excluding hydrogens is 381 g/mol. The highest BCUT2D eigenvalue weighted by Gasteiger charge is 2.48. The van der Waals surface area contributed by atoms with Gasteiger partial charge in [-0.15, -0.1) is 0 Å². The second-order valence-corrected chi connectivity index (χ2v) is 8.47. The summed E-state index contributed by atoms with van der Waals surface area (Å²) in [6.07, 6.45) is 4.19. The van der Waals surface area contributed by atoms with E-state index >= 15 is 0 Å². The van der Waals surface area contributed by atoms with Gasteiger partial charge in [-0.2, -0.15) is 0 Å². The lowest BCUT2D eigenvalue weighted by atomic mass is 9.61. The van der Waals surface area contributed by atoms with Gasteiger partial charge in [-0.25, -0.2) is 0 Å². The fourth-order valence-corrected chi connectivity index (χ4v) is 4.74. The van der Waals surface area contributed by atoms with E-state index in [2.05, 4.69) is 11.9 Å². The van der Waals surface area contributed by atoms with Crippen molar-refractivity contribution in [3.63, 3.8) is 0 Å². The van der Waals surface area contributed by atoms with E-state index in [-0.39, 0.29) is 23.0 Å². The van der Waals surface area contributed by atoms with Crippen LogP contribution in [0.5, 0.6) is 5.75 Å². The van der Waals surface area contributed by atoms with Crippen LogP contribution in [0.25, 0.3) is 6.08 Å². The van der Waals surface area contributed by atoms with Crippen molar-refractivity contribution in [2.45, 2.75) is 30.7 Å². The van der Waals surface area contributed by atoms with Crippen molar-refractivity contribution in [3.8, 4) is 5.75 Å². The Morgan fingerprint density at radius 1 is 1.19 bits per heavy atom. The van der Waals surface area contributed by atoms with Crippen molar-refractivity contribution >= 4 is 35.1 Å². The summed E-state index contributed by atoms with van der Waals surface area (Å²) in [5.41, 5.74) is 2.56. The lowest BCUT2D eigenvalue weighted by molar-refractivity contribution is -0.120. The monoisotopic (exact) mass is 401 g/mol. The van der Waals surface area contributed by atoms with Gasteiger partial charge in [0, 0.05) is 23.5 Å². The Morgan fingerprint density at radius 2 is 2.00 bits per heavy atom. The third-order valence-electron chi connectivity index (χ3n) is 5.96. The van der Waals surface area contributed by atoms with Crippen LogP contribution in [-0.4, -0.2) is 35.4 Å². The van der Waals surface area contributed by atoms with Crippen LogP contribution in [0.15, 0.2) is 48.0 Å². The van der Waals surface area contributed by atoms with Crippen molar-refractivity contribution in [1.29, 1.82) is 0 Å². The zero-order chi connectivity index (χ0) is 19.2. The van der Waals surface area contributed by atoms with E-state index in [1.54, 1.807) is 18.2 Å². The highest BCUT2D eigenvalue weighted by Crippen LogP contribution is 2.48. The molecule has 2 atom stereocenters. The van der Waals surface area contributed by atoms with Crippen LogP contribution in [0.1, 0.15) is 30.4 Å². The van der Waals surface area contributed by atoms with Crippen molar-refractivity contribution in [3.05, 3.63) is 69.2 Å². The lowest BCUT2D eigenvalue weighted by Gasteiger charge is -2.50. The molecule has 5 heteroatoms. The molecule has 0 unspecified atom stereocenters. The van der Waals surface area contributed by atoms with Gasteiger partial charge in [-0.1, -0.05) is 41.4 Å². The summed E-state index contributed by atoms with van der Waals surface area (Å²) in [6, 6.07) is 12.9. The van der Waals surface area contributed by atoms with Crippen LogP contribution in [0, 0.1) is 0 Å². The lowest BCUT2D eigenvalue weighted by Crippen LogP contribution is -2.53. The second-order valence-electron chi connectivity index (χ2n) is 7.65. The molecule has 1 saturated carbocycles. The Balaban J connectivity index is 1.73. The predicted molar refractivity (Wildman–Crippen MR) is 109 cm³/mol. The standard InChI is InChI=1S/C22H21Cl2NO2/c1-25-8-7-22(15-3-2-4-16(26)11-15)12-20(25)17(21(27)13-22)9-14-5-6-18(23)19(24)10-14/h2-6,9-11,20,26H,7-8,12-13H2,1H3/t20-,22+/m0/s1. The van der Waals surface area contributed by atoms with Gasteiger partial charge in [0.05, 0.1) is 10.0 Å². The number of hydrogen-bond acceptors (Lipinski definition) is 3. The summed E-state index contributed by atoms with van der Waals surface area (Å²) in [6.45, 7) is 0.909. The van der Waals surface area contributed by atoms with Gasteiger partial charge in [0.1, 0.15) is 5.75 Å². The van der Waals surface area contributed by atoms with Crippen molar-refractivity contribution < 1.29 is 9.90 Å². The van der Waals surface area contributed by atoms with E-state index in [4.69, 9.17) is 23.2 Å². The Kier molecular flexibility index (Phi) is 4.79. The molecule has 0 radical (unpaired) electrons. The van der Waals surface area contributed by atoms with Crippen molar-refractivity contribution in [2.75, 3.05) is 13.6 Å². The molecule has 3 nitrogen and oxygen atoms in total. The highest BCUT2D eigenvalue weighted by molar-refractivity contribution is 6.42. The molecule has 2 fully saturated rings. The quantitative estimate of drug-likeness (QED) is 0.712. The number of Topliss-reactive ketones (excluding diaryl/α,β-unsaturated/α-hetero) is 1. The number of phenolic OH excluding ortho intramolecular Hbond substituents is 1. The number of piperidine rings is 1. The van der Waals surface area contributed by atoms with Crippen molar-refractivity contribution in [2.24, 2.45) is 0 Å². The van der Waals surface area contributed by atoms with Gasteiger partial charge in [-0.05, 0) is 67.9 Å². The number of likely N-dealkylation sites (N-methyl/N-ethyl adjacent to an activating group) is 1. The summed E-state index contributed by atoms with van der Waals surface area (Å²) in [5.74, 6) is 0.411. The molecule has 2 aromatic carbocycles. The van der Waals surface area contributed by atoms with E-state index in [0.29, 0.717) is 16.5 Å². The number of hydrogen-bond donors (Lipinski definition) is 1. The number of nitrogens with zero attached hydrogens (tertiary/aromatic N) is 1. The Hall–Kier alpha value is -1.81. The van der Waals surface area contributed by atoms with Crippen LogP contribution in [0.4, 0.5) is 0 Å². The van der Waals surface area contributed by atoms with Crippen LogP contribution in [-0.2, 0) is 10.2 Å². The molecule has 2 aromatic rings. The minimum atomic E-state index is -0.206. The van der Waals surface area contributed by atoms with Crippen molar-refractivity contribution in [1.82, 2.24) is 4.90 Å². The molecule has 27 heavy (non-hydrogen) atoms. The van der Waals surface area contributed by atoms with Gasteiger partial charge in [0.2, 0.25) is 0 Å².